The molecule has 120 valence electrons. The second-order valence-corrected chi connectivity index (χ2v) is 5.71. The first-order valence-corrected chi connectivity index (χ1v) is 8.02. The highest BCUT2D eigenvalue weighted by molar-refractivity contribution is 6.00. The van der Waals surface area contributed by atoms with Gasteiger partial charge in [-0.25, -0.2) is 0 Å². The Bertz CT molecular complexity index is 513. The minimum Gasteiger partial charge on any atom is -0.356 e. The van der Waals surface area contributed by atoms with Crippen LogP contribution in [0.3, 0.4) is 0 Å². The molecule has 1 unspecified atom stereocenters. The number of aryl methyl sites for hydroxylation is 1. The number of carbonyl (C=O) groups excluding carboxylic acids is 2. The summed E-state index contributed by atoms with van der Waals surface area (Å²) in [6.45, 7) is 3.83. The van der Waals surface area contributed by atoms with Crippen LogP contribution >= 0.6 is 0 Å². The summed E-state index contributed by atoms with van der Waals surface area (Å²) in [5.41, 5.74) is 7.54. The summed E-state index contributed by atoms with van der Waals surface area (Å²) in [5, 5.41) is 2.90. The Labute approximate surface area is 131 Å². The molecule has 0 spiro atoms. The SMILES string of the molecule is CCc1ccc(N2CC(C(=O)NCCCCN)CC2=O)cc1. The van der Waals surface area contributed by atoms with Crippen molar-refractivity contribution in [2.75, 3.05) is 24.5 Å². The first-order chi connectivity index (χ1) is 10.7. The zero-order chi connectivity index (χ0) is 15.9. The highest BCUT2D eigenvalue weighted by Crippen LogP contribution is 2.25. The van der Waals surface area contributed by atoms with E-state index in [2.05, 4.69) is 12.2 Å². The van der Waals surface area contributed by atoms with Crippen LogP contribution in [0.2, 0.25) is 0 Å². The lowest BCUT2D eigenvalue weighted by Crippen LogP contribution is -2.33. The molecular formula is C17H25N3O2. The Morgan fingerprint density at radius 2 is 2.05 bits per heavy atom. The Morgan fingerprint density at radius 3 is 2.68 bits per heavy atom. The van der Waals surface area contributed by atoms with Gasteiger partial charge in [0.2, 0.25) is 11.8 Å². The van der Waals surface area contributed by atoms with E-state index in [1.54, 1.807) is 4.90 Å². The lowest BCUT2D eigenvalue weighted by Gasteiger charge is -2.17. The predicted octanol–water partition coefficient (Wildman–Crippen LogP) is 1.46. The quantitative estimate of drug-likeness (QED) is 0.749. The number of amides is 2. The summed E-state index contributed by atoms with van der Waals surface area (Å²) in [6, 6.07) is 7.97. The normalized spacial score (nSPS) is 17.8. The smallest absolute Gasteiger partial charge is 0.227 e. The van der Waals surface area contributed by atoms with Crippen molar-refractivity contribution in [3.8, 4) is 0 Å². The van der Waals surface area contributed by atoms with E-state index in [1.807, 2.05) is 24.3 Å². The third-order valence-corrected chi connectivity index (χ3v) is 4.08. The van der Waals surface area contributed by atoms with Crippen LogP contribution in [-0.2, 0) is 16.0 Å². The van der Waals surface area contributed by atoms with E-state index in [4.69, 9.17) is 5.73 Å². The van der Waals surface area contributed by atoms with Gasteiger partial charge in [0, 0.05) is 25.2 Å². The average molecular weight is 303 g/mol. The number of nitrogens with two attached hydrogens (primary N) is 1. The fourth-order valence-corrected chi connectivity index (χ4v) is 2.67. The second-order valence-electron chi connectivity index (χ2n) is 5.71. The molecule has 0 aliphatic carbocycles. The molecule has 0 radical (unpaired) electrons. The van der Waals surface area contributed by atoms with Crippen molar-refractivity contribution in [1.29, 1.82) is 0 Å². The maximum absolute atomic E-state index is 12.1. The molecule has 1 heterocycles. The maximum atomic E-state index is 12.1. The van der Waals surface area contributed by atoms with Crippen LogP contribution < -0.4 is 16.0 Å². The number of carbonyl (C=O) groups is 2. The van der Waals surface area contributed by atoms with Gasteiger partial charge in [-0.05, 0) is 43.5 Å². The van der Waals surface area contributed by atoms with Gasteiger partial charge in [0.15, 0.2) is 0 Å². The molecule has 1 aromatic rings. The van der Waals surface area contributed by atoms with E-state index in [9.17, 15) is 9.59 Å². The summed E-state index contributed by atoms with van der Waals surface area (Å²) < 4.78 is 0. The second kappa shape index (κ2) is 7.94. The minimum atomic E-state index is -0.253. The van der Waals surface area contributed by atoms with Gasteiger partial charge < -0.3 is 16.0 Å². The molecule has 2 rings (SSSR count). The van der Waals surface area contributed by atoms with Gasteiger partial charge in [0.05, 0.1) is 5.92 Å². The number of hydrogen-bond acceptors (Lipinski definition) is 3. The van der Waals surface area contributed by atoms with E-state index < -0.39 is 0 Å². The van der Waals surface area contributed by atoms with E-state index in [0.717, 1.165) is 24.9 Å². The summed E-state index contributed by atoms with van der Waals surface area (Å²) in [7, 11) is 0. The zero-order valence-corrected chi connectivity index (χ0v) is 13.2. The molecule has 0 aromatic heterocycles. The first-order valence-electron chi connectivity index (χ1n) is 8.02. The van der Waals surface area contributed by atoms with E-state index >= 15 is 0 Å². The topological polar surface area (TPSA) is 75.4 Å². The molecule has 1 saturated heterocycles. The van der Waals surface area contributed by atoms with Crippen LogP contribution in [0.15, 0.2) is 24.3 Å². The van der Waals surface area contributed by atoms with E-state index in [-0.39, 0.29) is 24.2 Å². The Hall–Kier alpha value is -1.88. The Morgan fingerprint density at radius 1 is 1.32 bits per heavy atom. The van der Waals surface area contributed by atoms with Crippen LogP contribution in [0.25, 0.3) is 0 Å². The monoisotopic (exact) mass is 303 g/mol. The molecular weight excluding hydrogens is 278 g/mol. The van der Waals surface area contributed by atoms with Crippen molar-refractivity contribution < 1.29 is 9.59 Å². The average Bonchev–Trinajstić information content (AvgIpc) is 2.93. The van der Waals surface area contributed by atoms with Crippen LogP contribution in [0.5, 0.6) is 0 Å². The number of nitrogens with zero attached hydrogens (tertiary/aromatic N) is 1. The lowest BCUT2D eigenvalue weighted by atomic mass is 10.1. The fourth-order valence-electron chi connectivity index (χ4n) is 2.67. The first kappa shape index (κ1) is 16.5. The van der Waals surface area contributed by atoms with Crippen LogP contribution in [-0.4, -0.2) is 31.4 Å². The summed E-state index contributed by atoms with van der Waals surface area (Å²) in [4.78, 5) is 26.0. The molecule has 22 heavy (non-hydrogen) atoms. The van der Waals surface area contributed by atoms with Gasteiger partial charge in [-0.1, -0.05) is 19.1 Å². The van der Waals surface area contributed by atoms with Gasteiger partial charge >= 0.3 is 0 Å². The molecule has 2 amide bonds. The molecule has 1 fully saturated rings. The maximum Gasteiger partial charge on any atom is 0.227 e. The van der Waals surface area contributed by atoms with Crippen molar-refractivity contribution in [3.05, 3.63) is 29.8 Å². The van der Waals surface area contributed by atoms with Crippen molar-refractivity contribution in [2.45, 2.75) is 32.6 Å². The summed E-state index contributed by atoms with van der Waals surface area (Å²) >= 11 is 0. The number of rotatable bonds is 7. The fraction of sp³-hybridized carbons (Fsp3) is 0.529. The number of anilines is 1. The Kier molecular flexibility index (Phi) is 5.95. The molecule has 1 aliphatic rings. The minimum absolute atomic E-state index is 0.0198. The van der Waals surface area contributed by atoms with Gasteiger partial charge in [-0.2, -0.15) is 0 Å². The van der Waals surface area contributed by atoms with Crippen molar-refractivity contribution in [1.82, 2.24) is 5.32 Å². The highest BCUT2D eigenvalue weighted by atomic mass is 16.2. The lowest BCUT2D eigenvalue weighted by molar-refractivity contribution is -0.126. The Balaban J connectivity index is 1.90. The van der Waals surface area contributed by atoms with Gasteiger partial charge in [-0.3, -0.25) is 9.59 Å². The standard InChI is InChI=1S/C17H25N3O2/c1-2-13-5-7-15(8-6-13)20-12-14(11-16(20)21)17(22)19-10-4-3-9-18/h5-8,14H,2-4,9-12,18H2,1H3,(H,19,22). The van der Waals surface area contributed by atoms with Gasteiger partial charge in [-0.15, -0.1) is 0 Å². The number of benzene rings is 1. The van der Waals surface area contributed by atoms with Crippen molar-refractivity contribution in [2.24, 2.45) is 11.7 Å². The summed E-state index contributed by atoms with van der Waals surface area (Å²) in [6.07, 6.45) is 3.05. The number of nitrogens with one attached hydrogen (secondary N) is 1. The third kappa shape index (κ3) is 4.07. The molecule has 0 bridgehead atoms. The largest absolute Gasteiger partial charge is 0.356 e. The molecule has 5 nitrogen and oxygen atoms in total. The van der Waals surface area contributed by atoms with Crippen LogP contribution in [0.1, 0.15) is 31.7 Å². The van der Waals surface area contributed by atoms with Crippen LogP contribution in [0, 0.1) is 5.92 Å². The molecule has 3 N–H and O–H groups in total. The molecule has 1 atom stereocenters. The third-order valence-electron chi connectivity index (χ3n) is 4.08. The molecule has 1 aromatic carbocycles. The van der Waals surface area contributed by atoms with Crippen LogP contribution in [0.4, 0.5) is 5.69 Å². The van der Waals surface area contributed by atoms with Gasteiger partial charge in [0.25, 0.3) is 0 Å². The molecule has 5 heteroatoms. The van der Waals surface area contributed by atoms with E-state index in [1.165, 1.54) is 5.56 Å². The summed E-state index contributed by atoms with van der Waals surface area (Å²) in [5.74, 6) is -0.263. The highest BCUT2D eigenvalue weighted by Gasteiger charge is 2.34. The number of unbranched alkanes of at least 4 members (excludes halogenated alkanes) is 1. The predicted molar refractivity (Wildman–Crippen MR) is 87.6 cm³/mol. The van der Waals surface area contributed by atoms with Gasteiger partial charge in [0.1, 0.15) is 0 Å². The van der Waals surface area contributed by atoms with E-state index in [0.29, 0.717) is 19.6 Å². The zero-order valence-electron chi connectivity index (χ0n) is 13.2. The molecule has 0 saturated carbocycles. The molecule has 1 aliphatic heterocycles. The van der Waals surface area contributed by atoms with Crippen molar-refractivity contribution in [3.63, 3.8) is 0 Å². The number of hydrogen-bond donors (Lipinski definition) is 2. The van der Waals surface area contributed by atoms with Crippen molar-refractivity contribution >= 4 is 17.5 Å².